The van der Waals surface area contributed by atoms with Crippen LogP contribution >= 0.6 is 0 Å². The van der Waals surface area contributed by atoms with Gasteiger partial charge in [-0.25, -0.2) is 13.2 Å². The van der Waals surface area contributed by atoms with Crippen LogP contribution in [-0.2, 0) is 0 Å². The SMILES string of the molecule is COc1cc(C(N)c2ccc(F)c(F)c2F)ccc1C. The third-order valence-electron chi connectivity index (χ3n) is 3.19. The second-order valence-electron chi connectivity index (χ2n) is 4.47. The molecule has 0 aliphatic heterocycles. The number of ether oxygens (including phenoxy) is 1. The quantitative estimate of drug-likeness (QED) is 0.874. The lowest BCUT2D eigenvalue weighted by Gasteiger charge is -2.16. The van der Waals surface area contributed by atoms with Gasteiger partial charge in [0.2, 0.25) is 0 Å². The zero-order chi connectivity index (χ0) is 14.9. The highest BCUT2D eigenvalue weighted by Gasteiger charge is 2.20. The lowest BCUT2D eigenvalue weighted by molar-refractivity contribution is 0.410. The number of rotatable bonds is 3. The van der Waals surface area contributed by atoms with Gasteiger partial charge in [0.15, 0.2) is 17.5 Å². The van der Waals surface area contributed by atoms with Crippen LogP contribution in [0.4, 0.5) is 13.2 Å². The molecular weight excluding hydrogens is 267 g/mol. The first kappa shape index (κ1) is 14.4. The van der Waals surface area contributed by atoms with Crippen molar-refractivity contribution in [3.05, 3.63) is 64.5 Å². The third kappa shape index (κ3) is 2.49. The number of methoxy groups -OCH3 is 1. The number of hydrogen-bond donors (Lipinski definition) is 1. The maximum absolute atomic E-state index is 13.7. The smallest absolute Gasteiger partial charge is 0.194 e. The highest BCUT2D eigenvalue weighted by atomic mass is 19.2. The van der Waals surface area contributed by atoms with E-state index < -0.39 is 23.5 Å². The molecule has 0 saturated carbocycles. The van der Waals surface area contributed by atoms with Gasteiger partial charge in [-0.3, -0.25) is 0 Å². The number of benzene rings is 2. The fraction of sp³-hybridized carbons (Fsp3) is 0.200. The monoisotopic (exact) mass is 281 g/mol. The van der Waals surface area contributed by atoms with Crippen LogP contribution in [0.1, 0.15) is 22.7 Å². The molecule has 5 heteroatoms. The predicted octanol–water partition coefficient (Wildman–Crippen LogP) is 3.47. The van der Waals surface area contributed by atoms with Gasteiger partial charge < -0.3 is 10.5 Å². The summed E-state index contributed by atoms with van der Waals surface area (Å²) < 4.78 is 45.1. The minimum atomic E-state index is -1.52. The molecule has 2 nitrogen and oxygen atoms in total. The molecule has 0 bridgehead atoms. The lowest BCUT2D eigenvalue weighted by atomic mass is 9.97. The fourth-order valence-corrected chi connectivity index (χ4v) is 1.99. The summed E-state index contributed by atoms with van der Waals surface area (Å²) in [6, 6.07) is 6.22. The molecular formula is C15H14F3NO. The van der Waals surface area contributed by atoms with Crippen LogP contribution in [0.25, 0.3) is 0 Å². The summed E-state index contributed by atoms with van der Waals surface area (Å²) in [6.07, 6.45) is 0. The van der Waals surface area contributed by atoms with Crippen molar-refractivity contribution in [2.75, 3.05) is 7.11 Å². The van der Waals surface area contributed by atoms with E-state index in [1.807, 2.05) is 6.92 Å². The van der Waals surface area contributed by atoms with Gasteiger partial charge in [0.25, 0.3) is 0 Å². The Kier molecular flexibility index (Phi) is 3.99. The Hall–Kier alpha value is -2.01. The summed E-state index contributed by atoms with van der Waals surface area (Å²) in [4.78, 5) is 0. The summed E-state index contributed by atoms with van der Waals surface area (Å²) in [5.41, 5.74) is 7.27. The minimum absolute atomic E-state index is 0.102. The molecule has 0 spiro atoms. The molecule has 0 aromatic heterocycles. The van der Waals surface area contributed by atoms with Crippen molar-refractivity contribution in [1.82, 2.24) is 0 Å². The fourth-order valence-electron chi connectivity index (χ4n) is 1.99. The van der Waals surface area contributed by atoms with Gasteiger partial charge in [0.1, 0.15) is 5.75 Å². The van der Waals surface area contributed by atoms with E-state index in [0.29, 0.717) is 11.3 Å². The topological polar surface area (TPSA) is 35.2 Å². The van der Waals surface area contributed by atoms with Gasteiger partial charge in [0.05, 0.1) is 13.2 Å². The molecule has 2 aromatic rings. The van der Waals surface area contributed by atoms with Crippen LogP contribution in [0, 0.1) is 24.4 Å². The van der Waals surface area contributed by atoms with Gasteiger partial charge >= 0.3 is 0 Å². The average Bonchev–Trinajstić information content (AvgIpc) is 2.45. The number of nitrogens with two attached hydrogens (primary N) is 1. The van der Waals surface area contributed by atoms with Gasteiger partial charge in [-0.05, 0) is 30.2 Å². The third-order valence-corrected chi connectivity index (χ3v) is 3.19. The maximum Gasteiger partial charge on any atom is 0.194 e. The second kappa shape index (κ2) is 5.54. The number of halogens is 3. The van der Waals surface area contributed by atoms with Crippen molar-refractivity contribution in [2.24, 2.45) is 5.73 Å². The number of hydrogen-bond acceptors (Lipinski definition) is 2. The maximum atomic E-state index is 13.7. The van der Waals surface area contributed by atoms with Gasteiger partial charge in [-0.2, -0.15) is 0 Å². The Bertz CT molecular complexity index is 643. The van der Waals surface area contributed by atoms with Crippen molar-refractivity contribution in [2.45, 2.75) is 13.0 Å². The number of aryl methyl sites for hydroxylation is 1. The van der Waals surface area contributed by atoms with Crippen molar-refractivity contribution in [3.8, 4) is 5.75 Å². The Morgan fingerprint density at radius 1 is 1.05 bits per heavy atom. The van der Waals surface area contributed by atoms with Crippen LogP contribution in [0.2, 0.25) is 0 Å². The van der Waals surface area contributed by atoms with E-state index in [0.717, 1.165) is 17.7 Å². The molecule has 1 unspecified atom stereocenters. The molecule has 0 fully saturated rings. The van der Waals surface area contributed by atoms with Gasteiger partial charge in [-0.15, -0.1) is 0 Å². The lowest BCUT2D eigenvalue weighted by Crippen LogP contribution is -2.15. The Labute approximate surface area is 115 Å². The molecule has 0 radical (unpaired) electrons. The van der Waals surface area contributed by atoms with E-state index in [1.54, 1.807) is 18.2 Å². The van der Waals surface area contributed by atoms with Crippen LogP contribution in [0.15, 0.2) is 30.3 Å². The Balaban J connectivity index is 2.46. The zero-order valence-corrected chi connectivity index (χ0v) is 11.1. The van der Waals surface area contributed by atoms with Crippen molar-refractivity contribution >= 4 is 0 Å². The average molecular weight is 281 g/mol. The normalized spacial score (nSPS) is 12.3. The summed E-state index contributed by atoms with van der Waals surface area (Å²) in [6.45, 7) is 1.85. The molecule has 2 N–H and O–H groups in total. The standard InChI is InChI=1S/C15H14F3NO/c1-8-3-4-9(7-12(8)20-2)15(19)10-5-6-11(16)14(18)13(10)17/h3-7,15H,19H2,1-2H3. The van der Waals surface area contributed by atoms with Crippen molar-refractivity contribution in [1.29, 1.82) is 0 Å². The molecule has 20 heavy (non-hydrogen) atoms. The molecule has 1 atom stereocenters. The summed E-state index contributed by atoms with van der Waals surface area (Å²) >= 11 is 0. The molecule has 0 aliphatic carbocycles. The first-order valence-electron chi connectivity index (χ1n) is 5.99. The van der Waals surface area contributed by atoms with Gasteiger partial charge in [-0.1, -0.05) is 18.2 Å². The van der Waals surface area contributed by atoms with E-state index in [-0.39, 0.29) is 5.56 Å². The van der Waals surface area contributed by atoms with Crippen LogP contribution < -0.4 is 10.5 Å². The van der Waals surface area contributed by atoms with Crippen molar-refractivity contribution in [3.63, 3.8) is 0 Å². The summed E-state index contributed by atoms with van der Waals surface area (Å²) in [5, 5.41) is 0. The largest absolute Gasteiger partial charge is 0.496 e. The first-order valence-corrected chi connectivity index (χ1v) is 5.99. The molecule has 106 valence electrons. The molecule has 0 saturated heterocycles. The Morgan fingerprint density at radius 3 is 2.40 bits per heavy atom. The van der Waals surface area contributed by atoms with E-state index in [1.165, 1.54) is 7.11 Å². The highest BCUT2D eigenvalue weighted by molar-refractivity contribution is 5.41. The minimum Gasteiger partial charge on any atom is -0.496 e. The van der Waals surface area contributed by atoms with Gasteiger partial charge in [0, 0.05) is 5.56 Å². The molecule has 0 aliphatic rings. The molecule has 0 amide bonds. The van der Waals surface area contributed by atoms with E-state index in [4.69, 9.17) is 10.5 Å². The van der Waals surface area contributed by atoms with Crippen molar-refractivity contribution < 1.29 is 17.9 Å². The second-order valence-corrected chi connectivity index (χ2v) is 4.47. The van der Waals surface area contributed by atoms with Crippen LogP contribution in [-0.4, -0.2) is 7.11 Å². The summed E-state index contributed by atoms with van der Waals surface area (Å²) in [5.74, 6) is -3.42. The molecule has 0 heterocycles. The predicted molar refractivity (Wildman–Crippen MR) is 70.1 cm³/mol. The Morgan fingerprint density at radius 2 is 1.75 bits per heavy atom. The van der Waals surface area contributed by atoms with Crippen LogP contribution in [0.5, 0.6) is 5.75 Å². The van der Waals surface area contributed by atoms with E-state index >= 15 is 0 Å². The first-order chi connectivity index (χ1) is 9.45. The molecule has 2 aromatic carbocycles. The highest BCUT2D eigenvalue weighted by Crippen LogP contribution is 2.28. The van der Waals surface area contributed by atoms with E-state index in [9.17, 15) is 13.2 Å². The zero-order valence-electron chi connectivity index (χ0n) is 11.1. The van der Waals surface area contributed by atoms with Crippen LogP contribution in [0.3, 0.4) is 0 Å². The molecule has 2 rings (SSSR count). The van der Waals surface area contributed by atoms with E-state index in [2.05, 4.69) is 0 Å². The summed E-state index contributed by atoms with van der Waals surface area (Å²) in [7, 11) is 1.51.